The molecule has 1 saturated carbocycles. The number of hydrogen-bond acceptors (Lipinski definition) is 3. The van der Waals surface area contributed by atoms with Crippen molar-refractivity contribution in [2.75, 3.05) is 0 Å². The molecule has 2 unspecified atom stereocenters. The van der Waals surface area contributed by atoms with Gasteiger partial charge in [-0.25, -0.2) is 0 Å². The highest BCUT2D eigenvalue weighted by Gasteiger charge is 2.36. The molecule has 1 aromatic carbocycles. The van der Waals surface area contributed by atoms with Crippen molar-refractivity contribution in [1.29, 1.82) is 5.26 Å². The molecule has 2 atom stereocenters. The van der Waals surface area contributed by atoms with Gasteiger partial charge in [-0.05, 0) is 57.2 Å². The van der Waals surface area contributed by atoms with Crippen LogP contribution >= 0.6 is 23.4 Å². The molecule has 0 bridgehead atoms. The predicted molar refractivity (Wildman–Crippen MR) is 91.6 cm³/mol. The van der Waals surface area contributed by atoms with Crippen LogP contribution in [0.1, 0.15) is 45.1 Å². The van der Waals surface area contributed by atoms with E-state index in [4.69, 9.17) is 11.6 Å². The molecule has 1 fully saturated rings. The van der Waals surface area contributed by atoms with Crippen molar-refractivity contribution in [2.45, 2.75) is 62.1 Å². The van der Waals surface area contributed by atoms with E-state index < -0.39 is 0 Å². The second-order valence-corrected chi connectivity index (χ2v) is 7.87. The van der Waals surface area contributed by atoms with Gasteiger partial charge in [-0.3, -0.25) is 5.32 Å². The highest BCUT2D eigenvalue weighted by Crippen LogP contribution is 2.36. The highest BCUT2D eigenvalue weighted by atomic mass is 35.5. The fraction of sp³-hybridized carbons (Fsp3) is 0.588. The van der Waals surface area contributed by atoms with Crippen LogP contribution in [0.4, 0.5) is 0 Å². The monoisotopic (exact) mass is 322 g/mol. The van der Waals surface area contributed by atoms with E-state index in [1.54, 1.807) is 0 Å². The summed E-state index contributed by atoms with van der Waals surface area (Å²) < 4.78 is 0. The lowest BCUT2D eigenvalue weighted by Crippen LogP contribution is -2.51. The summed E-state index contributed by atoms with van der Waals surface area (Å²) in [5.41, 5.74) is 0.971. The minimum absolute atomic E-state index is 0.329. The van der Waals surface area contributed by atoms with Gasteiger partial charge in [-0.1, -0.05) is 23.7 Å². The Kier molecular flexibility index (Phi) is 5.98. The van der Waals surface area contributed by atoms with Crippen LogP contribution in [0.5, 0.6) is 0 Å². The zero-order valence-electron chi connectivity index (χ0n) is 12.7. The molecule has 1 N–H and O–H groups in total. The van der Waals surface area contributed by atoms with Gasteiger partial charge in [0, 0.05) is 22.1 Å². The lowest BCUT2D eigenvalue weighted by atomic mass is 9.82. The van der Waals surface area contributed by atoms with Crippen LogP contribution in [-0.2, 0) is 5.75 Å². The molecule has 21 heavy (non-hydrogen) atoms. The van der Waals surface area contributed by atoms with Crippen LogP contribution in [0.3, 0.4) is 0 Å². The third kappa shape index (κ3) is 4.92. The summed E-state index contributed by atoms with van der Waals surface area (Å²) in [6, 6.07) is 11.0. The summed E-state index contributed by atoms with van der Waals surface area (Å²) in [7, 11) is 0. The number of halogens is 1. The molecule has 0 heterocycles. The van der Waals surface area contributed by atoms with Crippen LogP contribution in [0.15, 0.2) is 24.3 Å². The molecule has 114 valence electrons. The van der Waals surface area contributed by atoms with Crippen molar-refractivity contribution in [1.82, 2.24) is 5.32 Å². The summed E-state index contributed by atoms with van der Waals surface area (Å²) in [6.07, 6.45) is 4.26. The first-order chi connectivity index (χ1) is 10.0. The maximum atomic E-state index is 9.59. The van der Waals surface area contributed by atoms with E-state index in [0.29, 0.717) is 11.3 Å². The second kappa shape index (κ2) is 7.54. The lowest BCUT2D eigenvalue weighted by molar-refractivity contribution is 0.284. The zero-order chi connectivity index (χ0) is 15.3. The third-order valence-corrected chi connectivity index (χ3v) is 5.51. The average Bonchev–Trinajstić information content (AvgIpc) is 2.46. The molecule has 0 saturated heterocycles. The number of nitrogens with one attached hydrogen (secondary N) is 1. The van der Waals surface area contributed by atoms with Gasteiger partial charge >= 0.3 is 0 Å². The van der Waals surface area contributed by atoms with Gasteiger partial charge in [0.15, 0.2) is 0 Å². The second-order valence-electron chi connectivity index (χ2n) is 6.15. The van der Waals surface area contributed by atoms with Crippen molar-refractivity contribution in [3.63, 3.8) is 0 Å². The zero-order valence-corrected chi connectivity index (χ0v) is 14.3. The van der Waals surface area contributed by atoms with Gasteiger partial charge in [0.1, 0.15) is 5.54 Å². The molecule has 0 aromatic heterocycles. The van der Waals surface area contributed by atoms with E-state index in [1.165, 1.54) is 12.0 Å². The predicted octanol–water partition coefficient (Wildman–Crippen LogP) is 4.78. The van der Waals surface area contributed by atoms with Crippen molar-refractivity contribution in [3.05, 3.63) is 34.9 Å². The normalized spacial score (nSPS) is 25.8. The Morgan fingerprint density at radius 2 is 2.14 bits per heavy atom. The van der Waals surface area contributed by atoms with Crippen molar-refractivity contribution in [3.8, 4) is 6.07 Å². The van der Waals surface area contributed by atoms with E-state index >= 15 is 0 Å². The number of rotatable bonds is 5. The van der Waals surface area contributed by atoms with Gasteiger partial charge in [-0.2, -0.15) is 17.0 Å². The Balaban J connectivity index is 1.92. The Labute approximate surface area is 137 Å². The molecule has 0 amide bonds. The average molecular weight is 323 g/mol. The minimum Gasteiger partial charge on any atom is -0.297 e. The van der Waals surface area contributed by atoms with Gasteiger partial charge in [0.2, 0.25) is 0 Å². The lowest BCUT2D eigenvalue weighted by Gasteiger charge is -2.37. The first kappa shape index (κ1) is 16.7. The summed E-state index contributed by atoms with van der Waals surface area (Å²) >= 11 is 7.88. The first-order valence-electron chi connectivity index (χ1n) is 7.58. The van der Waals surface area contributed by atoms with Crippen LogP contribution in [0.2, 0.25) is 5.02 Å². The van der Waals surface area contributed by atoms with Gasteiger partial charge < -0.3 is 0 Å². The molecule has 0 radical (unpaired) electrons. The van der Waals surface area contributed by atoms with E-state index in [-0.39, 0.29) is 5.54 Å². The van der Waals surface area contributed by atoms with Gasteiger partial charge in [-0.15, -0.1) is 0 Å². The van der Waals surface area contributed by atoms with Crippen LogP contribution in [-0.4, -0.2) is 16.8 Å². The van der Waals surface area contributed by atoms with Crippen LogP contribution in [0, 0.1) is 11.3 Å². The van der Waals surface area contributed by atoms with E-state index in [1.807, 2.05) is 23.9 Å². The van der Waals surface area contributed by atoms with Crippen LogP contribution < -0.4 is 5.32 Å². The molecule has 4 heteroatoms. The van der Waals surface area contributed by atoms with Gasteiger partial charge in [0.25, 0.3) is 0 Å². The molecular formula is C17H23ClN2S. The Morgan fingerprint density at radius 1 is 1.43 bits per heavy atom. The van der Waals surface area contributed by atoms with E-state index in [0.717, 1.165) is 30.0 Å². The molecule has 2 nitrogen and oxygen atoms in total. The number of hydrogen-bond donors (Lipinski definition) is 1. The van der Waals surface area contributed by atoms with Crippen molar-refractivity contribution < 1.29 is 0 Å². The molecule has 0 aliphatic heterocycles. The summed E-state index contributed by atoms with van der Waals surface area (Å²) in [4.78, 5) is 0. The van der Waals surface area contributed by atoms with Crippen molar-refractivity contribution in [2.24, 2.45) is 0 Å². The van der Waals surface area contributed by atoms with Gasteiger partial charge in [0.05, 0.1) is 6.07 Å². The Morgan fingerprint density at radius 3 is 2.76 bits per heavy atom. The molecule has 1 aromatic rings. The maximum absolute atomic E-state index is 9.59. The molecule has 0 spiro atoms. The summed E-state index contributed by atoms with van der Waals surface area (Å²) in [6.45, 7) is 4.23. The topological polar surface area (TPSA) is 35.8 Å². The highest BCUT2D eigenvalue weighted by molar-refractivity contribution is 7.99. The molecule has 1 aliphatic rings. The van der Waals surface area contributed by atoms with E-state index in [9.17, 15) is 5.26 Å². The summed E-state index contributed by atoms with van der Waals surface area (Å²) in [5, 5.41) is 14.4. The fourth-order valence-corrected chi connectivity index (χ4v) is 4.46. The number of thioether (sulfide) groups is 1. The first-order valence-corrected chi connectivity index (χ1v) is 9.01. The minimum atomic E-state index is -0.329. The number of nitrogens with zero attached hydrogens (tertiary/aromatic N) is 1. The third-order valence-electron chi connectivity index (χ3n) is 3.88. The van der Waals surface area contributed by atoms with E-state index in [2.05, 4.69) is 37.4 Å². The summed E-state index contributed by atoms with van der Waals surface area (Å²) in [5.74, 6) is 0.991. The smallest absolute Gasteiger partial charge is 0.108 e. The van der Waals surface area contributed by atoms with Crippen molar-refractivity contribution >= 4 is 23.4 Å². The quantitative estimate of drug-likeness (QED) is 0.847. The largest absolute Gasteiger partial charge is 0.297 e. The Bertz CT molecular complexity index is 495. The Hall–Kier alpha value is -0.690. The maximum Gasteiger partial charge on any atom is 0.108 e. The SMILES string of the molecule is CC(C)NC1(C#N)CCCC(SCc2ccc(Cl)cc2)C1. The number of nitriles is 1. The fourth-order valence-electron chi connectivity index (χ4n) is 2.98. The molecule has 1 aliphatic carbocycles. The number of benzene rings is 1. The molecule has 2 rings (SSSR count). The molecular weight excluding hydrogens is 300 g/mol. The van der Waals surface area contributed by atoms with Crippen LogP contribution in [0.25, 0.3) is 0 Å². The standard InChI is InChI=1S/C17H23ClN2S/c1-13(2)20-17(12-19)9-3-4-16(10-17)21-11-14-5-7-15(18)8-6-14/h5-8,13,16,20H,3-4,9-11H2,1-2H3.